The lowest BCUT2D eigenvalue weighted by Crippen LogP contribution is -2.15. The van der Waals surface area contributed by atoms with Gasteiger partial charge in [0.2, 0.25) is 11.6 Å². The maximum Gasteiger partial charge on any atom is 0.281 e. The van der Waals surface area contributed by atoms with E-state index in [1.807, 2.05) is 63.6 Å². The zero-order valence-corrected chi connectivity index (χ0v) is 17.1. The van der Waals surface area contributed by atoms with Gasteiger partial charge in [-0.1, -0.05) is 35.0 Å². The highest BCUT2D eigenvalue weighted by Crippen LogP contribution is 2.24. The first-order chi connectivity index (χ1) is 13.3. The number of nitrogens with one attached hydrogen (secondary N) is 1. The second kappa shape index (κ2) is 7.84. The molecule has 0 unspecified atom stereocenters. The molecule has 1 aromatic carbocycles. The predicted octanol–water partition coefficient (Wildman–Crippen LogP) is 3.29. The zero-order chi connectivity index (χ0) is 20.4. The van der Waals surface area contributed by atoms with E-state index < -0.39 is 0 Å². The Labute approximate surface area is 164 Å². The maximum absolute atomic E-state index is 12.8. The summed E-state index contributed by atoms with van der Waals surface area (Å²) in [6.07, 6.45) is 0. The van der Waals surface area contributed by atoms with E-state index >= 15 is 0 Å². The Kier molecular flexibility index (Phi) is 5.48. The van der Waals surface area contributed by atoms with E-state index in [0.29, 0.717) is 18.1 Å². The molecule has 28 heavy (non-hydrogen) atoms. The van der Waals surface area contributed by atoms with Crippen LogP contribution in [-0.2, 0) is 6.54 Å². The molecule has 0 aliphatic carbocycles. The average molecular weight is 382 g/mol. The minimum Gasteiger partial charge on any atom is -0.479 e. The molecule has 1 amide bonds. The monoisotopic (exact) mass is 382 g/mol. The van der Waals surface area contributed by atoms with Crippen molar-refractivity contribution in [3.8, 4) is 5.88 Å². The molecule has 0 radical (unpaired) electrons. The summed E-state index contributed by atoms with van der Waals surface area (Å²) in [5.74, 6) is -0.0499. The number of hydrogen-bond donors (Lipinski definition) is 1. The molecule has 1 N–H and O–H groups in total. The molecule has 8 nitrogen and oxygen atoms in total. The molecule has 0 fully saturated rings. The lowest BCUT2D eigenvalue weighted by molar-refractivity contribution is 0.101. The van der Waals surface area contributed by atoms with Crippen molar-refractivity contribution in [1.82, 2.24) is 24.8 Å². The number of carbonyl (C=O) groups is 1. The first-order valence-electron chi connectivity index (χ1n) is 9.21. The van der Waals surface area contributed by atoms with Gasteiger partial charge in [-0.2, -0.15) is 5.10 Å². The fourth-order valence-electron chi connectivity index (χ4n) is 3.14. The van der Waals surface area contributed by atoms with Gasteiger partial charge in [0.05, 0.1) is 30.7 Å². The molecule has 8 heteroatoms. The Morgan fingerprint density at radius 2 is 1.86 bits per heavy atom. The zero-order valence-electron chi connectivity index (χ0n) is 17.1. The number of benzene rings is 1. The molecule has 0 aliphatic rings. The smallest absolute Gasteiger partial charge is 0.281 e. The molecular formula is C20H26N6O2. The van der Waals surface area contributed by atoms with Gasteiger partial charge in [-0.3, -0.25) is 9.48 Å². The van der Waals surface area contributed by atoms with E-state index in [1.54, 1.807) is 4.68 Å². The van der Waals surface area contributed by atoms with Crippen LogP contribution in [-0.4, -0.2) is 37.8 Å². The highest BCUT2D eigenvalue weighted by molar-refractivity contribution is 6.05. The summed E-state index contributed by atoms with van der Waals surface area (Å²) in [4.78, 5) is 12.8. The van der Waals surface area contributed by atoms with Gasteiger partial charge in [-0.15, -0.1) is 5.10 Å². The highest BCUT2D eigenvalue weighted by atomic mass is 16.5. The molecule has 0 aliphatic heterocycles. The van der Waals surface area contributed by atoms with Crippen molar-refractivity contribution in [3.63, 3.8) is 0 Å². The van der Waals surface area contributed by atoms with Crippen molar-refractivity contribution in [2.75, 3.05) is 12.4 Å². The van der Waals surface area contributed by atoms with Crippen molar-refractivity contribution in [2.24, 2.45) is 0 Å². The molecule has 3 rings (SSSR count). The number of amides is 1. The van der Waals surface area contributed by atoms with Crippen molar-refractivity contribution in [2.45, 2.75) is 47.2 Å². The van der Waals surface area contributed by atoms with Crippen LogP contribution in [0.1, 0.15) is 52.9 Å². The third-order valence-electron chi connectivity index (χ3n) is 4.60. The van der Waals surface area contributed by atoms with Gasteiger partial charge < -0.3 is 10.1 Å². The van der Waals surface area contributed by atoms with Crippen LogP contribution < -0.4 is 10.1 Å². The maximum atomic E-state index is 12.8. The molecule has 2 heterocycles. The summed E-state index contributed by atoms with van der Waals surface area (Å²) >= 11 is 0. The molecule has 2 aromatic heterocycles. The largest absolute Gasteiger partial charge is 0.479 e. The van der Waals surface area contributed by atoms with Crippen LogP contribution in [0.4, 0.5) is 5.69 Å². The van der Waals surface area contributed by atoms with Crippen LogP contribution in [0.3, 0.4) is 0 Å². The van der Waals surface area contributed by atoms with E-state index in [9.17, 15) is 4.79 Å². The van der Waals surface area contributed by atoms with E-state index in [0.717, 1.165) is 17.0 Å². The highest BCUT2D eigenvalue weighted by Gasteiger charge is 2.23. The first kappa shape index (κ1) is 19.6. The van der Waals surface area contributed by atoms with Crippen LogP contribution in [0.2, 0.25) is 0 Å². The van der Waals surface area contributed by atoms with Gasteiger partial charge in [-0.05, 0) is 40.2 Å². The van der Waals surface area contributed by atoms with Gasteiger partial charge in [0, 0.05) is 6.04 Å². The van der Waals surface area contributed by atoms with Crippen molar-refractivity contribution >= 4 is 11.6 Å². The molecule has 0 spiro atoms. The number of aryl methyl sites for hydroxylation is 2. The minimum absolute atomic E-state index is 0.144. The van der Waals surface area contributed by atoms with Gasteiger partial charge in [0.25, 0.3) is 5.91 Å². The Morgan fingerprint density at radius 1 is 1.18 bits per heavy atom. The van der Waals surface area contributed by atoms with Crippen LogP contribution in [0, 0.1) is 20.8 Å². The normalized spacial score (nSPS) is 11.1. The molecule has 0 saturated heterocycles. The SMILES string of the molecule is COc1c(C(=O)Nc2c(C)nn(C(C)C)c2C)nnn1Cc1ccc(C)cc1. The van der Waals surface area contributed by atoms with E-state index in [2.05, 4.69) is 20.7 Å². The molecule has 0 atom stereocenters. The fraction of sp³-hybridized carbons (Fsp3) is 0.400. The lowest BCUT2D eigenvalue weighted by Gasteiger charge is -2.09. The summed E-state index contributed by atoms with van der Waals surface area (Å²) in [5.41, 5.74) is 4.71. The summed E-state index contributed by atoms with van der Waals surface area (Å²) in [6.45, 7) is 10.4. The number of anilines is 1. The van der Waals surface area contributed by atoms with Crippen molar-refractivity contribution in [1.29, 1.82) is 0 Å². The molecule has 148 valence electrons. The van der Waals surface area contributed by atoms with E-state index in [4.69, 9.17) is 4.74 Å². The van der Waals surface area contributed by atoms with Gasteiger partial charge in [0.1, 0.15) is 0 Å². The van der Waals surface area contributed by atoms with Crippen molar-refractivity contribution < 1.29 is 9.53 Å². The average Bonchev–Trinajstić information content (AvgIpc) is 3.19. The predicted molar refractivity (Wildman–Crippen MR) is 107 cm³/mol. The lowest BCUT2D eigenvalue weighted by atomic mass is 10.1. The van der Waals surface area contributed by atoms with E-state index in [-0.39, 0.29) is 17.6 Å². The molecule has 0 bridgehead atoms. The topological polar surface area (TPSA) is 86.9 Å². The summed E-state index contributed by atoms with van der Waals surface area (Å²) < 4.78 is 8.90. The number of ether oxygens (including phenoxy) is 1. The third kappa shape index (κ3) is 3.76. The van der Waals surface area contributed by atoms with Crippen LogP contribution in [0.5, 0.6) is 5.88 Å². The first-order valence-corrected chi connectivity index (χ1v) is 9.21. The number of hydrogen-bond acceptors (Lipinski definition) is 5. The van der Waals surface area contributed by atoms with Gasteiger partial charge in [-0.25, -0.2) is 4.68 Å². The Hall–Kier alpha value is -3.16. The fourth-order valence-corrected chi connectivity index (χ4v) is 3.14. The second-order valence-electron chi connectivity index (χ2n) is 7.13. The van der Waals surface area contributed by atoms with Crippen molar-refractivity contribution in [3.05, 3.63) is 52.5 Å². The standard InChI is InChI=1S/C20H26N6O2/c1-12(2)26-15(5)17(14(4)23-26)21-19(27)18-20(28-6)25(24-22-18)11-16-9-7-13(3)8-10-16/h7-10,12H,11H2,1-6H3,(H,21,27). The molecular weight excluding hydrogens is 356 g/mol. The third-order valence-corrected chi connectivity index (χ3v) is 4.60. The number of methoxy groups -OCH3 is 1. The minimum atomic E-state index is -0.374. The number of nitrogens with zero attached hydrogens (tertiary/aromatic N) is 5. The number of aromatic nitrogens is 5. The summed E-state index contributed by atoms with van der Waals surface area (Å²) in [6, 6.07) is 8.30. The summed E-state index contributed by atoms with van der Waals surface area (Å²) in [7, 11) is 1.51. The Bertz CT molecular complexity index is 985. The second-order valence-corrected chi connectivity index (χ2v) is 7.13. The number of carbonyl (C=O) groups excluding carboxylic acids is 1. The number of rotatable bonds is 6. The van der Waals surface area contributed by atoms with Gasteiger partial charge >= 0.3 is 0 Å². The van der Waals surface area contributed by atoms with Crippen LogP contribution in [0.25, 0.3) is 0 Å². The van der Waals surface area contributed by atoms with Crippen LogP contribution >= 0.6 is 0 Å². The Morgan fingerprint density at radius 3 is 2.43 bits per heavy atom. The van der Waals surface area contributed by atoms with Crippen LogP contribution in [0.15, 0.2) is 24.3 Å². The molecule has 0 saturated carbocycles. The quantitative estimate of drug-likeness (QED) is 0.707. The Balaban J connectivity index is 1.85. The van der Waals surface area contributed by atoms with E-state index in [1.165, 1.54) is 12.7 Å². The van der Waals surface area contributed by atoms with Gasteiger partial charge in [0.15, 0.2) is 0 Å². The summed E-state index contributed by atoms with van der Waals surface area (Å²) in [5, 5.41) is 15.6. The molecule has 3 aromatic rings.